The molecule has 8 nitrogen and oxygen atoms in total. The van der Waals surface area contributed by atoms with Gasteiger partial charge in [-0.15, -0.1) is 0 Å². The molecule has 0 saturated carbocycles. The SMILES string of the molecule is CC(C)c1cc(Br)c(NC(=O)N[C@H](Cc2ccccc2)C(=O)N2CCC(C(=O)N3CCOCC3)CC2)c(Br)c1. The maximum Gasteiger partial charge on any atom is 0.319 e. The molecule has 39 heavy (non-hydrogen) atoms. The van der Waals surface area contributed by atoms with E-state index >= 15 is 0 Å². The van der Waals surface area contributed by atoms with Crippen LogP contribution < -0.4 is 10.6 Å². The highest BCUT2D eigenvalue weighted by Crippen LogP contribution is 2.34. The maximum atomic E-state index is 13.7. The molecule has 210 valence electrons. The lowest BCUT2D eigenvalue weighted by Crippen LogP contribution is -2.53. The highest BCUT2D eigenvalue weighted by atomic mass is 79.9. The van der Waals surface area contributed by atoms with E-state index < -0.39 is 12.1 Å². The molecule has 0 bridgehead atoms. The Hall–Kier alpha value is -2.43. The highest BCUT2D eigenvalue weighted by Gasteiger charge is 2.34. The van der Waals surface area contributed by atoms with Crippen LogP contribution in [0.4, 0.5) is 10.5 Å². The van der Waals surface area contributed by atoms with Crippen LogP contribution in [-0.2, 0) is 20.7 Å². The highest BCUT2D eigenvalue weighted by molar-refractivity contribution is 9.11. The van der Waals surface area contributed by atoms with Crippen LogP contribution >= 0.6 is 31.9 Å². The molecule has 4 rings (SSSR count). The number of piperidine rings is 1. The number of likely N-dealkylation sites (tertiary alicyclic amines) is 1. The summed E-state index contributed by atoms with van der Waals surface area (Å²) >= 11 is 7.13. The van der Waals surface area contributed by atoms with Gasteiger partial charge in [-0.05, 0) is 73.9 Å². The molecule has 2 fully saturated rings. The molecule has 0 aromatic heterocycles. The predicted molar refractivity (Wildman–Crippen MR) is 159 cm³/mol. The van der Waals surface area contributed by atoms with Crippen molar-refractivity contribution in [3.05, 3.63) is 62.5 Å². The fraction of sp³-hybridized carbons (Fsp3) is 0.483. The number of halogens is 2. The Morgan fingerprint density at radius 2 is 1.56 bits per heavy atom. The number of hydrogen-bond acceptors (Lipinski definition) is 4. The lowest BCUT2D eigenvalue weighted by Gasteiger charge is -2.36. The van der Waals surface area contributed by atoms with E-state index in [1.165, 1.54) is 0 Å². The second kappa shape index (κ2) is 13.8. The van der Waals surface area contributed by atoms with Crippen molar-refractivity contribution < 1.29 is 19.1 Å². The van der Waals surface area contributed by atoms with Gasteiger partial charge in [-0.1, -0.05) is 44.2 Å². The number of morpholine rings is 1. The van der Waals surface area contributed by atoms with Gasteiger partial charge in [0.15, 0.2) is 0 Å². The van der Waals surface area contributed by atoms with Gasteiger partial charge in [-0.3, -0.25) is 9.59 Å². The van der Waals surface area contributed by atoms with Gasteiger partial charge in [0, 0.05) is 47.5 Å². The molecule has 1 atom stereocenters. The first-order valence-electron chi connectivity index (χ1n) is 13.5. The molecule has 2 aliphatic rings. The average molecular weight is 664 g/mol. The summed E-state index contributed by atoms with van der Waals surface area (Å²) in [7, 11) is 0. The van der Waals surface area contributed by atoms with Crippen molar-refractivity contribution in [2.75, 3.05) is 44.7 Å². The van der Waals surface area contributed by atoms with Crippen molar-refractivity contribution in [2.45, 2.75) is 45.1 Å². The molecular weight excluding hydrogens is 628 g/mol. The Kier molecular flexibility index (Phi) is 10.4. The van der Waals surface area contributed by atoms with Crippen molar-refractivity contribution in [3.8, 4) is 0 Å². The average Bonchev–Trinajstić information content (AvgIpc) is 2.95. The van der Waals surface area contributed by atoms with E-state index in [1.807, 2.05) is 47.4 Å². The number of rotatable bonds is 7. The maximum absolute atomic E-state index is 13.7. The third kappa shape index (κ3) is 7.83. The summed E-state index contributed by atoms with van der Waals surface area (Å²) in [4.78, 5) is 43.4. The van der Waals surface area contributed by atoms with E-state index in [0.717, 1.165) is 20.1 Å². The van der Waals surface area contributed by atoms with Crippen molar-refractivity contribution in [2.24, 2.45) is 5.92 Å². The molecule has 2 aromatic carbocycles. The Bertz CT molecular complexity index is 1140. The Morgan fingerprint density at radius 3 is 2.15 bits per heavy atom. The number of urea groups is 1. The monoisotopic (exact) mass is 662 g/mol. The van der Waals surface area contributed by atoms with Crippen LogP contribution in [0, 0.1) is 5.92 Å². The van der Waals surface area contributed by atoms with Gasteiger partial charge in [0.1, 0.15) is 6.04 Å². The molecule has 2 N–H and O–H groups in total. The van der Waals surface area contributed by atoms with E-state index in [4.69, 9.17) is 4.74 Å². The zero-order valence-corrected chi connectivity index (χ0v) is 25.6. The Balaban J connectivity index is 1.42. The van der Waals surface area contributed by atoms with E-state index in [2.05, 4.69) is 56.3 Å². The lowest BCUT2D eigenvalue weighted by molar-refractivity contribution is -0.144. The van der Waals surface area contributed by atoms with Crippen molar-refractivity contribution in [1.82, 2.24) is 15.1 Å². The van der Waals surface area contributed by atoms with Crippen LogP contribution in [-0.4, -0.2) is 73.1 Å². The first-order chi connectivity index (χ1) is 18.7. The zero-order valence-electron chi connectivity index (χ0n) is 22.4. The molecule has 0 aliphatic carbocycles. The number of carbonyl (C=O) groups excluding carboxylic acids is 3. The minimum atomic E-state index is -0.744. The molecule has 2 heterocycles. The third-order valence-electron chi connectivity index (χ3n) is 7.33. The van der Waals surface area contributed by atoms with E-state index in [0.29, 0.717) is 70.3 Å². The third-order valence-corrected chi connectivity index (χ3v) is 8.59. The first-order valence-corrected chi connectivity index (χ1v) is 15.1. The zero-order chi connectivity index (χ0) is 27.9. The number of carbonyl (C=O) groups is 3. The number of hydrogen-bond donors (Lipinski definition) is 2. The standard InChI is InChI=1S/C29H36Br2N4O4/c1-19(2)22-17-23(30)26(24(31)18-22)33-29(38)32-25(16-20-6-4-3-5-7-20)28(37)34-10-8-21(9-11-34)27(36)35-12-14-39-15-13-35/h3-7,17-19,21,25H,8-16H2,1-2H3,(H2,32,33,38)/t25-/m1/s1. The number of amides is 4. The molecule has 0 spiro atoms. The molecule has 10 heteroatoms. The van der Waals surface area contributed by atoms with Gasteiger partial charge in [-0.25, -0.2) is 4.79 Å². The van der Waals surface area contributed by atoms with Gasteiger partial charge in [0.25, 0.3) is 0 Å². The number of benzene rings is 2. The second-order valence-corrected chi connectivity index (χ2v) is 12.1. The Morgan fingerprint density at radius 1 is 0.949 bits per heavy atom. The molecule has 2 aromatic rings. The normalized spacial score (nSPS) is 17.2. The minimum absolute atomic E-state index is 0.0838. The largest absolute Gasteiger partial charge is 0.378 e. The summed E-state index contributed by atoms with van der Waals surface area (Å²) in [5, 5.41) is 5.82. The number of anilines is 1. The lowest BCUT2D eigenvalue weighted by atomic mass is 9.94. The Labute approximate surface area is 247 Å². The molecule has 0 radical (unpaired) electrons. The van der Waals surface area contributed by atoms with Crippen LogP contribution in [0.5, 0.6) is 0 Å². The van der Waals surface area contributed by atoms with E-state index in [9.17, 15) is 14.4 Å². The summed E-state index contributed by atoms with van der Waals surface area (Å²) in [5.41, 5.74) is 2.69. The van der Waals surface area contributed by atoms with E-state index in [1.54, 1.807) is 4.90 Å². The van der Waals surface area contributed by atoms with Gasteiger partial charge in [0.2, 0.25) is 11.8 Å². The van der Waals surface area contributed by atoms with Gasteiger partial charge >= 0.3 is 6.03 Å². The molecule has 4 amide bonds. The van der Waals surface area contributed by atoms with E-state index in [-0.39, 0.29) is 17.7 Å². The van der Waals surface area contributed by atoms with Gasteiger partial charge in [0.05, 0.1) is 18.9 Å². The second-order valence-electron chi connectivity index (χ2n) is 10.4. The summed E-state index contributed by atoms with van der Waals surface area (Å²) in [6.07, 6.45) is 1.61. The summed E-state index contributed by atoms with van der Waals surface area (Å²) in [6.45, 7) is 7.60. The summed E-state index contributed by atoms with van der Waals surface area (Å²) in [5.74, 6) is 0.268. The first kappa shape index (κ1) is 29.6. The van der Waals surface area contributed by atoms with Crippen LogP contribution in [0.25, 0.3) is 0 Å². The molecule has 0 unspecified atom stereocenters. The van der Waals surface area contributed by atoms with Gasteiger partial charge < -0.3 is 25.2 Å². The molecule has 2 saturated heterocycles. The quantitative estimate of drug-likeness (QED) is 0.428. The minimum Gasteiger partial charge on any atom is -0.378 e. The smallest absolute Gasteiger partial charge is 0.319 e. The summed E-state index contributed by atoms with van der Waals surface area (Å²) in [6, 6.07) is 12.4. The van der Waals surface area contributed by atoms with Crippen molar-refractivity contribution in [1.29, 1.82) is 0 Å². The number of nitrogens with zero attached hydrogens (tertiary/aromatic N) is 2. The van der Waals surface area contributed by atoms with Crippen LogP contribution in [0.1, 0.15) is 43.7 Å². The topological polar surface area (TPSA) is 91.0 Å². The number of ether oxygens (including phenoxy) is 1. The predicted octanol–water partition coefficient (Wildman–Crippen LogP) is 5.17. The summed E-state index contributed by atoms with van der Waals surface area (Å²) < 4.78 is 6.88. The number of nitrogens with one attached hydrogen (secondary N) is 2. The van der Waals surface area contributed by atoms with Crippen molar-refractivity contribution in [3.63, 3.8) is 0 Å². The molecular formula is C29H36Br2N4O4. The fourth-order valence-corrected chi connectivity index (χ4v) is 6.43. The van der Waals surface area contributed by atoms with Gasteiger partial charge in [-0.2, -0.15) is 0 Å². The van der Waals surface area contributed by atoms with Crippen LogP contribution in [0.15, 0.2) is 51.4 Å². The van der Waals surface area contributed by atoms with Crippen molar-refractivity contribution >= 4 is 55.4 Å². The fourth-order valence-electron chi connectivity index (χ4n) is 5.01. The van der Waals surface area contributed by atoms with Crippen LogP contribution in [0.2, 0.25) is 0 Å². The van der Waals surface area contributed by atoms with Crippen LogP contribution in [0.3, 0.4) is 0 Å². The molecule has 2 aliphatic heterocycles.